The van der Waals surface area contributed by atoms with E-state index in [9.17, 15) is 34.2 Å². The highest BCUT2D eigenvalue weighted by Crippen LogP contribution is 2.42. The van der Waals surface area contributed by atoms with Gasteiger partial charge < -0.3 is 40.2 Å². The Hall–Kier alpha value is -6.70. The van der Waals surface area contributed by atoms with Gasteiger partial charge in [0.2, 0.25) is 23.1 Å². The normalized spacial score (nSPS) is 15.2. The van der Waals surface area contributed by atoms with Crippen LogP contribution in [0.3, 0.4) is 0 Å². The zero-order valence-electron chi connectivity index (χ0n) is 33.8. The first-order valence-electron chi connectivity index (χ1n) is 19.6. The Morgan fingerprint density at radius 3 is 2.27 bits per heavy atom. The topological polar surface area (TPSA) is 191 Å². The molecule has 308 valence electrons. The molecule has 0 aromatic heterocycles. The standard InChI is InChI=1S/C45H49N5O9/c1-26-42(45(57)58-26)48-43(54)36(22-27-10-15-31(51)16-11-27)47-39(52)9-7-6-8-20-46-40(53)23-28-12-17-32(35(21-28)44(55)56)41-33-18-13-29(49(2)3)24-37(33)59-38-25-30(50(4)5)14-19-34(38)41/h10-19,21,24-26,36,42H,6-9,20,22-23H2,1-5H3,(H4-,46,47,48,51,52,53,54,55,56)/p+1/t26-,36+,42+/m1/s1. The average molecular weight is 805 g/mol. The number of unbranched alkanes of at least 4 members (excludes halogenated alkanes) is 2. The van der Waals surface area contributed by atoms with Gasteiger partial charge in [0.1, 0.15) is 43.3 Å². The summed E-state index contributed by atoms with van der Waals surface area (Å²) in [4.78, 5) is 65.5. The van der Waals surface area contributed by atoms with Crippen molar-refractivity contribution in [3.63, 3.8) is 0 Å². The highest BCUT2D eigenvalue weighted by molar-refractivity contribution is 6.08. The number of carboxylic acid groups (broad SMARTS) is 1. The molecule has 3 aromatic rings. The molecule has 1 saturated heterocycles. The van der Waals surface area contributed by atoms with Gasteiger partial charge in [-0.2, -0.15) is 0 Å². The molecule has 3 amide bonds. The van der Waals surface area contributed by atoms with E-state index in [2.05, 4.69) is 16.0 Å². The van der Waals surface area contributed by atoms with Crippen molar-refractivity contribution in [3.8, 4) is 28.2 Å². The van der Waals surface area contributed by atoms with Gasteiger partial charge in [0, 0.05) is 67.8 Å². The summed E-state index contributed by atoms with van der Waals surface area (Å²) in [6, 6.07) is 21.3. The minimum absolute atomic E-state index is 0.0190. The number of aromatic hydroxyl groups is 1. The van der Waals surface area contributed by atoms with Gasteiger partial charge in [-0.3, -0.25) is 14.4 Å². The number of phenols is 1. The predicted molar refractivity (Wildman–Crippen MR) is 223 cm³/mol. The molecule has 3 aliphatic rings. The number of hydrogen-bond donors (Lipinski definition) is 5. The maximum absolute atomic E-state index is 13.1. The highest BCUT2D eigenvalue weighted by atomic mass is 16.6. The Balaban J connectivity index is 1.05. The van der Waals surface area contributed by atoms with Crippen molar-refractivity contribution in [1.29, 1.82) is 0 Å². The van der Waals surface area contributed by atoms with Crippen molar-refractivity contribution in [2.45, 2.75) is 63.6 Å². The zero-order valence-corrected chi connectivity index (χ0v) is 33.8. The van der Waals surface area contributed by atoms with E-state index >= 15 is 0 Å². The first-order valence-corrected chi connectivity index (χ1v) is 19.6. The smallest absolute Gasteiger partial charge is 0.336 e. The third-order valence-electron chi connectivity index (χ3n) is 10.4. The van der Waals surface area contributed by atoms with E-state index in [4.69, 9.17) is 9.15 Å². The second-order valence-electron chi connectivity index (χ2n) is 15.3. The number of nitrogens with one attached hydrogen (secondary N) is 3. The fraction of sp³-hybridized carbons (Fsp3) is 0.333. The molecule has 2 heterocycles. The van der Waals surface area contributed by atoms with Crippen LogP contribution in [0, 0.1) is 0 Å². The maximum atomic E-state index is 13.1. The number of phenolic OH excluding ortho intramolecular Hbond substituents is 1. The summed E-state index contributed by atoms with van der Waals surface area (Å²) in [6.07, 6.45) is 1.55. The third-order valence-corrected chi connectivity index (χ3v) is 10.4. The summed E-state index contributed by atoms with van der Waals surface area (Å²) in [6.45, 7) is 2.03. The lowest BCUT2D eigenvalue weighted by Crippen LogP contribution is -2.62. The molecule has 14 nitrogen and oxygen atoms in total. The first-order chi connectivity index (χ1) is 28.2. The van der Waals surface area contributed by atoms with Gasteiger partial charge in [-0.1, -0.05) is 30.7 Å². The number of anilines is 1. The molecule has 2 aliphatic heterocycles. The van der Waals surface area contributed by atoms with Crippen molar-refractivity contribution in [2.24, 2.45) is 0 Å². The largest absolute Gasteiger partial charge is 0.508 e. The number of carbonyl (C=O) groups excluding carboxylic acids is 4. The monoisotopic (exact) mass is 804 g/mol. The van der Waals surface area contributed by atoms with E-state index in [-0.39, 0.29) is 42.4 Å². The Bertz CT molecular complexity index is 2440. The van der Waals surface area contributed by atoms with Gasteiger partial charge in [0.05, 0.1) is 18.1 Å². The molecule has 0 radical (unpaired) electrons. The van der Waals surface area contributed by atoms with Gasteiger partial charge in [-0.05, 0) is 72.9 Å². The second kappa shape index (κ2) is 18.3. The first kappa shape index (κ1) is 41.9. The number of ether oxygens (including phenoxy) is 1. The highest BCUT2D eigenvalue weighted by Gasteiger charge is 2.41. The van der Waals surface area contributed by atoms with Gasteiger partial charge in [-0.25, -0.2) is 14.2 Å². The molecule has 14 heteroatoms. The fourth-order valence-electron chi connectivity index (χ4n) is 7.09. The molecule has 59 heavy (non-hydrogen) atoms. The number of fused-ring (bicyclic) bond motifs is 2. The van der Waals surface area contributed by atoms with Crippen LogP contribution >= 0.6 is 0 Å². The molecule has 6 rings (SSSR count). The van der Waals surface area contributed by atoms with Crippen LogP contribution in [0.25, 0.3) is 33.4 Å². The minimum atomic E-state index is -1.12. The molecule has 1 aliphatic carbocycles. The van der Waals surface area contributed by atoms with Crippen LogP contribution in [0.1, 0.15) is 54.1 Å². The Kier molecular flexibility index (Phi) is 13.0. The number of carbonyl (C=O) groups is 5. The summed E-state index contributed by atoms with van der Waals surface area (Å²) in [5.74, 6) is -2.07. The van der Waals surface area contributed by atoms with Crippen LogP contribution in [0.2, 0.25) is 0 Å². The molecule has 0 unspecified atom stereocenters. The summed E-state index contributed by atoms with van der Waals surface area (Å²) < 4.78 is 13.3. The number of hydrogen-bond acceptors (Lipinski definition) is 9. The summed E-state index contributed by atoms with van der Waals surface area (Å²) >= 11 is 0. The van der Waals surface area contributed by atoms with Crippen molar-refractivity contribution >= 4 is 46.3 Å². The van der Waals surface area contributed by atoms with Gasteiger partial charge >= 0.3 is 11.9 Å². The number of aromatic carboxylic acids is 1. The van der Waals surface area contributed by atoms with Crippen LogP contribution < -0.4 is 30.8 Å². The second-order valence-corrected chi connectivity index (χ2v) is 15.3. The lowest BCUT2D eigenvalue weighted by atomic mass is 9.89. The molecule has 3 atom stereocenters. The van der Waals surface area contributed by atoms with Gasteiger partial charge in [0.15, 0.2) is 6.04 Å². The van der Waals surface area contributed by atoms with Gasteiger partial charge in [0.25, 0.3) is 0 Å². The molecule has 0 bridgehead atoms. The van der Waals surface area contributed by atoms with E-state index in [1.165, 1.54) is 12.1 Å². The minimum Gasteiger partial charge on any atom is -0.508 e. The van der Waals surface area contributed by atoms with E-state index < -0.39 is 36.0 Å². The molecule has 0 spiro atoms. The van der Waals surface area contributed by atoms with E-state index in [0.29, 0.717) is 53.8 Å². The maximum Gasteiger partial charge on any atom is 0.336 e. The fourth-order valence-corrected chi connectivity index (χ4v) is 7.09. The summed E-state index contributed by atoms with van der Waals surface area (Å²) in [5.41, 5.74) is 4.88. The molecular weight excluding hydrogens is 755 g/mol. The number of nitrogens with zero attached hydrogens (tertiary/aromatic N) is 2. The number of rotatable bonds is 16. The Morgan fingerprint density at radius 2 is 1.59 bits per heavy atom. The van der Waals surface area contributed by atoms with Crippen LogP contribution in [0.5, 0.6) is 5.75 Å². The number of cyclic esters (lactones) is 1. The number of benzene rings is 4. The van der Waals surface area contributed by atoms with E-state index in [1.807, 2.05) is 74.1 Å². The predicted octanol–water partition coefficient (Wildman–Crippen LogP) is 4.08. The van der Waals surface area contributed by atoms with E-state index in [1.54, 1.807) is 37.3 Å². The lowest BCUT2D eigenvalue weighted by Gasteiger charge is -2.33. The molecule has 0 saturated carbocycles. The molecule has 3 aromatic carbocycles. The Labute approximate surface area is 341 Å². The lowest BCUT2D eigenvalue weighted by molar-refractivity contribution is -0.176. The summed E-state index contributed by atoms with van der Waals surface area (Å²) in [5, 5.41) is 30.1. The van der Waals surface area contributed by atoms with Crippen LogP contribution in [-0.4, -0.2) is 92.8 Å². The van der Waals surface area contributed by atoms with Crippen molar-refractivity contribution in [2.75, 3.05) is 39.6 Å². The number of esters is 1. The van der Waals surface area contributed by atoms with E-state index in [0.717, 1.165) is 27.6 Å². The van der Waals surface area contributed by atoms with Crippen molar-refractivity contribution in [1.82, 2.24) is 20.5 Å². The number of carboxylic acids is 1. The Morgan fingerprint density at radius 1 is 0.864 bits per heavy atom. The molecule has 5 N–H and O–H groups in total. The van der Waals surface area contributed by atoms with Crippen LogP contribution in [-0.2, 0) is 36.8 Å². The van der Waals surface area contributed by atoms with Crippen LogP contribution in [0.4, 0.5) is 5.69 Å². The SMILES string of the molecule is C[C@H]1OC(=O)[C@H]1NC(=O)[C@H](Cc1ccc(O)cc1)NC(=O)CCCCCNC(=O)Cc1ccc(-c2c3ccc(=[N+](C)C)cc-3oc3cc(N(C)C)ccc23)c(C(=O)O)c1. The zero-order chi connectivity index (χ0) is 42.4. The number of amides is 3. The van der Waals surface area contributed by atoms with Crippen molar-refractivity contribution < 1.29 is 43.3 Å². The summed E-state index contributed by atoms with van der Waals surface area (Å²) in [7, 11) is 7.76. The molecule has 1 fully saturated rings. The average Bonchev–Trinajstić information content (AvgIpc) is 3.20. The molecular formula is C45H50N5O9+. The quantitative estimate of drug-likeness (QED) is 0.0421. The van der Waals surface area contributed by atoms with Crippen LogP contribution in [0.15, 0.2) is 83.3 Å². The van der Waals surface area contributed by atoms with Crippen molar-refractivity contribution in [3.05, 3.63) is 101 Å². The van der Waals surface area contributed by atoms with Gasteiger partial charge in [-0.15, -0.1) is 0 Å². The third kappa shape index (κ3) is 10.1.